The number of nitrogens with zero attached hydrogens (tertiary/aromatic N) is 2. The van der Waals surface area contributed by atoms with E-state index in [-0.39, 0.29) is 12.5 Å². The van der Waals surface area contributed by atoms with Crippen molar-refractivity contribution in [1.82, 2.24) is 10.2 Å². The van der Waals surface area contributed by atoms with E-state index in [0.717, 1.165) is 20.6 Å². The minimum atomic E-state index is -3.81. The largest absolute Gasteiger partial charge is 0.350 e. The molecule has 0 aromatic heterocycles. The van der Waals surface area contributed by atoms with Gasteiger partial charge in [-0.3, -0.25) is 13.9 Å². The van der Waals surface area contributed by atoms with E-state index in [4.69, 9.17) is 0 Å². The molecule has 0 aliphatic heterocycles. The lowest BCUT2D eigenvalue weighted by atomic mass is 10.1. The van der Waals surface area contributed by atoms with Crippen molar-refractivity contribution >= 4 is 43.5 Å². The quantitative estimate of drug-likeness (QED) is 0.533. The van der Waals surface area contributed by atoms with Crippen LogP contribution in [-0.2, 0) is 26.2 Å². The summed E-state index contributed by atoms with van der Waals surface area (Å²) in [4.78, 5) is 27.7. The number of rotatable bonds is 8. The monoisotopic (exact) mass is 555 g/mol. The van der Waals surface area contributed by atoms with E-state index in [9.17, 15) is 22.4 Å². The molecule has 34 heavy (non-hydrogen) atoms. The highest BCUT2D eigenvalue weighted by Crippen LogP contribution is 2.25. The number of aryl methyl sites for hydroxylation is 1. The lowest BCUT2D eigenvalue weighted by molar-refractivity contribution is -0.140. The summed E-state index contributed by atoms with van der Waals surface area (Å²) in [6.45, 7) is 8.39. The Bertz CT molecular complexity index is 1150. The van der Waals surface area contributed by atoms with Gasteiger partial charge in [-0.05, 0) is 76.1 Å². The van der Waals surface area contributed by atoms with Gasteiger partial charge in [0.1, 0.15) is 18.4 Å². The van der Waals surface area contributed by atoms with Crippen LogP contribution in [-0.4, -0.2) is 49.5 Å². The molecule has 1 N–H and O–H groups in total. The molecular weight excluding hydrogens is 525 g/mol. The maximum atomic E-state index is 13.5. The first-order valence-electron chi connectivity index (χ1n) is 10.7. The summed E-state index contributed by atoms with van der Waals surface area (Å²) in [7, 11) is -3.81. The second-order valence-corrected chi connectivity index (χ2v) is 12.0. The summed E-state index contributed by atoms with van der Waals surface area (Å²) in [6, 6.07) is 9.67. The van der Waals surface area contributed by atoms with Crippen molar-refractivity contribution in [2.75, 3.05) is 17.1 Å². The van der Waals surface area contributed by atoms with E-state index < -0.39 is 39.9 Å². The first-order chi connectivity index (χ1) is 15.6. The highest BCUT2D eigenvalue weighted by Gasteiger charge is 2.31. The number of carbonyl (C=O) groups excluding carboxylic acids is 2. The first-order valence-corrected chi connectivity index (χ1v) is 13.3. The van der Waals surface area contributed by atoms with Gasteiger partial charge in [-0.2, -0.15) is 0 Å². The number of nitrogens with one attached hydrogen (secondary N) is 1. The Morgan fingerprint density at radius 2 is 1.71 bits per heavy atom. The molecule has 0 heterocycles. The van der Waals surface area contributed by atoms with Crippen molar-refractivity contribution < 1.29 is 22.4 Å². The van der Waals surface area contributed by atoms with Crippen molar-refractivity contribution in [2.24, 2.45) is 0 Å². The average molecular weight is 556 g/mol. The Labute approximate surface area is 209 Å². The van der Waals surface area contributed by atoms with Crippen LogP contribution in [0, 0.1) is 12.7 Å². The molecular formula is C24H31BrFN3O4S. The molecule has 1 unspecified atom stereocenters. The van der Waals surface area contributed by atoms with Crippen molar-refractivity contribution in [3.63, 3.8) is 0 Å². The van der Waals surface area contributed by atoms with E-state index in [0.29, 0.717) is 11.3 Å². The number of sulfonamides is 1. The molecule has 186 valence electrons. The van der Waals surface area contributed by atoms with Crippen LogP contribution in [0.3, 0.4) is 0 Å². The molecule has 2 aromatic carbocycles. The van der Waals surface area contributed by atoms with E-state index in [2.05, 4.69) is 21.2 Å². The molecule has 10 heteroatoms. The minimum absolute atomic E-state index is 0.00874. The van der Waals surface area contributed by atoms with E-state index in [1.807, 2.05) is 27.7 Å². The first kappa shape index (κ1) is 27.8. The Hall–Kier alpha value is -2.46. The van der Waals surface area contributed by atoms with Crippen LogP contribution in [0.4, 0.5) is 10.1 Å². The van der Waals surface area contributed by atoms with Gasteiger partial charge in [0.2, 0.25) is 21.8 Å². The number of carbonyl (C=O) groups is 2. The fraction of sp³-hybridized carbons (Fsp3) is 0.417. The van der Waals surface area contributed by atoms with Crippen LogP contribution in [0.25, 0.3) is 0 Å². The predicted molar refractivity (Wildman–Crippen MR) is 135 cm³/mol. The number of halogens is 2. The summed E-state index contributed by atoms with van der Waals surface area (Å²) >= 11 is 3.39. The summed E-state index contributed by atoms with van der Waals surface area (Å²) in [5, 5.41) is 2.85. The maximum absolute atomic E-state index is 13.5. The summed E-state index contributed by atoms with van der Waals surface area (Å²) in [5.41, 5.74) is 1.23. The average Bonchev–Trinajstić information content (AvgIpc) is 2.71. The molecule has 0 saturated carbocycles. The Morgan fingerprint density at radius 1 is 1.12 bits per heavy atom. The molecule has 0 bridgehead atoms. The Morgan fingerprint density at radius 3 is 2.21 bits per heavy atom. The molecule has 7 nitrogen and oxygen atoms in total. The van der Waals surface area contributed by atoms with Crippen LogP contribution in [0.5, 0.6) is 0 Å². The molecule has 0 fully saturated rings. The van der Waals surface area contributed by atoms with Crippen molar-refractivity contribution in [2.45, 2.75) is 52.7 Å². The number of hydrogen-bond acceptors (Lipinski definition) is 4. The standard InChI is InChI=1S/C24H31BrFN3O4S/c1-16-13-20(11-12-21(16)25)29(34(6,32)33)15-22(30)28(14-18-7-9-19(26)10-8-18)17(2)23(31)27-24(3,4)5/h7-13,17H,14-15H2,1-6H3,(H,27,31). The van der Waals surface area contributed by atoms with Gasteiger partial charge in [-0.15, -0.1) is 0 Å². The third-order valence-corrected chi connectivity index (χ3v) is 7.07. The van der Waals surface area contributed by atoms with Crippen molar-refractivity contribution in [1.29, 1.82) is 0 Å². The van der Waals surface area contributed by atoms with Crippen molar-refractivity contribution in [3.05, 3.63) is 63.9 Å². The van der Waals surface area contributed by atoms with E-state index in [1.165, 1.54) is 29.2 Å². The smallest absolute Gasteiger partial charge is 0.244 e. The predicted octanol–water partition coefficient (Wildman–Crippen LogP) is 3.99. The Balaban J connectivity index is 2.41. The normalized spacial score (nSPS) is 12.7. The number of benzene rings is 2. The van der Waals surface area contributed by atoms with Gasteiger partial charge >= 0.3 is 0 Å². The molecule has 0 saturated heterocycles. The molecule has 0 aliphatic rings. The van der Waals surface area contributed by atoms with Gasteiger partial charge in [0, 0.05) is 16.6 Å². The van der Waals surface area contributed by atoms with Crippen LogP contribution in [0.2, 0.25) is 0 Å². The van der Waals surface area contributed by atoms with Crippen LogP contribution in [0.15, 0.2) is 46.9 Å². The fourth-order valence-electron chi connectivity index (χ4n) is 3.24. The molecule has 2 aromatic rings. The van der Waals surface area contributed by atoms with Gasteiger partial charge in [0.25, 0.3) is 0 Å². The fourth-order valence-corrected chi connectivity index (χ4v) is 4.33. The van der Waals surface area contributed by atoms with Gasteiger partial charge in [-0.25, -0.2) is 12.8 Å². The minimum Gasteiger partial charge on any atom is -0.350 e. The topological polar surface area (TPSA) is 86.8 Å². The molecule has 1 atom stereocenters. The van der Waals surface area contributed by atoms with E-state index in [1.54, 1.807) is 25.1 Å². The maximum Gasteiger partial charge on any atom is 0.244 e. The summed E-state index contributed by atoms with van der Waals surface area (Å²) < 4.78 is 40.4. The molecule has 2 rings (SSSR count). The summed E-state index contributed by atoms with van der Waals surface area (Å²) in [5.74, 6) is -1.37. The second kappa shape index (κ2) is 10.9. The number of amides is 2. The van der Waals surface area contributed by atoms with Crippen LogP contribution >= 0.6 is 15.9 Å². The highest BCUT2D eigenvalue weighted by atomic mass is 79.9. The van der Waals surface area contributed by atoms with Gasteiger partial charge in [-0.1, -0.05) is 28.1 Å². The summed E-state index contributed by atoms with van der Waals surface area (Å²) in [6.07, 6.45) is 1.03. The zero-order valence-corrected chi connectivity index (χ0v) is 22.6. The number of hydrogen-bond donors (Lipinski definition) is 1. The zero-order valence-electron chi connectivity index (χ0n) is 20.2. The molecule has 0 radical (unpaired) electrons. The van der Waals surface area contributed by atoms with Crippen molar-refractivity contribution in [3.8, 4) is 0 Å². The van der Waals surface area contributed by atoms with Gasteiger partial charge in [0.05, 0.1) is 11.9 Å². The molecule has 0 aliphatic carbocycles. The van der Waals surface area contributed by atoms with Gasteiger partial charge < -0.3 is 10.2 Å². The van der Waals surface area contributed by atoms with Crippen LogP contribution < -0.4 is 9.62 Å². The lowest BCUT2D eigenvalue weighted by Crippen LogP contribution is -2.54. The third-order valence-electron chi connectivity index (χ3n) is 5.04. The number of anilines is 1. The lowest BCUT2D eigenvalue weighted by Gasteiger charge is -2.33. The zero-order chi connectivity index (χ0) is 25.8. The Kier molecular flexibility index (Phi) is 8.87. The third kappa shape index (κ3) is 7.80. The molecule has 2 amide bonds. The van der Waals surface area contributed by atoms with Gasteiger partial charge in [0.15, 0.2) is 0 Å². The SMILES string of the molecule is Cc1cc(N(CC(=O)N(Cc2ccc(F)cc2)C(C)C(=O)NC(C)(C)C)S(C)(=O)=O)ccc1Br. The highest BCUT2D eigenvalue weighted by molar-refractivity contribution is 9.10. The molecule has 0 spiro atoms. The second-order valence-electron chi connectivity index (χ2n) is 9.27. The van der Waals surface area contributed by atoms with Crippen LogP contribution in [0.1, 0.15) is 38.8 Å². The van der Waals surface area contributed by atoms with E-state index >= 15 is 0 Å².